The summed E-state index contributed by atoms with van der Waals surface area (Å²) in [6, 6.07) is 3.51. The Morgan fingerprint density at radius 1 is 1.29 bits per heavy atom. The normalized spacial score (nSPS) is 24.4. The molecule has 1 aromatic rings. The van der Waals surface area contributed by atoms with Crippen molar-refractivity contribution < 1.29 is 4.42 Å². The van der Waals surface area contributed by atoms with Crippen LogP contribution in [-0.2, 0) is 13.1 Å². The largest absolute Gasteiger partial charge is 0.468 e. The first kappa shape index (κ1) is 15.1. The summed E-state index contributed by atoms with van der Waals surface area (Å²) in [4.78, 5) is 5.24. The predicted octanol–water partition coefficient (Wildman–Crippen LogP) is 2.45. The second-order valence-electron chi connectivity index (χ2n) is 6.88. The van der Waals surface area contributed by atoms with E-state index >= 15 is 0 Å². The highest BCUT2D eigenvalue weighted by molar-refractivity contribution is 5.13. The lowest BCUT2D eigenvalue weighted by Crippen LogP contribution is -2.54. The first-order chi connectivity index (χ1) is 10.2. The molecule has 0 bridgehead atoms. The van der Waals surface area contributed by atoms with Gasteiger partial charge in [0.2, 0.25) is 0 Å². The van der Waals surface area contributed by atoms with Crippen molar-refractivity contribution in [3.05, 3.63) is 23.7 Å². The standard InChI is InChI=1S/C17H29N3O/c1-14(2)18-10-15-9-17(21-13-15)12-19-7-8-20-6-4-3-5-16(20)11-19/h9,13-14,16,18H,3-8,10-12H2,1-2H3. The minimum atomic E-state index is 0.516. The van der Waals surface area contributed by atoms with Crippen LogP contribution in [-0.4, -0.2) is 48.1 Å². The molecule has 1 aromatic heterocycles. The Morgan fingerprint density at radius 2 is 2.19 bits per heavy atom. The Balaban J connectivity index is 1.50. The van der Waals surface area contributed by atoms with E-state index in [0.717, 1.165) is 24.9 Å². The zero-order chi connectivity index (χ0) is 14.7. The monoisotopic (exact) mass is 291 g/mol. The van der Waals surface area contributed by atoms with Gasteiger partial charge in [-0.05, 0) is 25.5 Å². The lowest BCUT2D eigenvalue weighted by Gasteiger charge is -2.43. The van der Waals surface area contributed by atoms with Gasteiger partial charge in [-0.1, -0.05) is 20.3 Å². The van der Waals surface area contributed by atoms with Crippen molar-refractivity contribution in [3.63, 3.8) is 0 Å². The third-order valence-electron chi connectivity index (χ3n) is 4.72. The van der Waals surface area contributed by atoms with Gasteiger partial charge in [0.25, 0.3) is 0 Å². The molecular formula is C17H29N3O. The fourth-order valence-corrected chi connectivity index (χ4v) is 3.51. The number of nitrogens with one attached hydrogen (secondary N) is 1. The number of hydrogen-bond acceptors (Lipinski definition) is 4. The summed E-state index contributed by atoms with van der Waals surface area (Å²) in [7, 11) is 0. The van der Waals surface area contributed by atoms with Crippen LogP contribution >= 0.6 is 0 Å². The second kappa shape index (κ2) is 6.95. The zero-order valence-electron chi connectivity index (χ0n) is 13.5. The molecule has 4 heteroatoms. The van der Waals surface area contributed by atoms with E-state index in [1.54, 1.807) is 0 Å². The molecule has 1 atom stereocenters. The molecule has 21 heavy (non-hydrogen) atoms. The van der Waals surface area contributed by atoms with E-state index in [1.807, 2.05) is 6.26 Å². The van der Waals surface area contributed by atoms with Crippen LogP contribution in [0, 0.1) is 0 Å². The van der Waals surface area contributed by atoms with Crippen LogP contribution in [0.2, 0.25) is 0 Å². The number of rotatable bonds is 5. The molecule has 1 N–H and O–H groups in total. The molecule has 2 aliphatic heterocycles. The summed E-state index contributed by atoms with van der Waals surface area (Å²) in [5.41, 5.74) is 1.26. The van der Waals surface area contributed by atoms with Crippen molar-refractivity contribution in [2.24, 2.45) is 0 Å². The molecule has 4 nitrogen and oxygen atoms in total. The van der Waals surface area contributed by atoms with E-state index in [1.165, 1.54) is 51.0 Å². The fourth-order valence-electron chi connectivity index (χ4n) is 3.51. The van der Waals surface area contributed by atoms with Gasteiger partial charge in [0.05, 0.1) is 12.8 Å². The molecule has 1 unspecified atom stereocenters. The van der Waals surface area contributed by atoms with E-state index in [2.05, 4.69) is 35.0 Å². The second-order valence-corrected chi connectivity index (χ2v) is 6.88. The Kier molecular flexibility index (Phi) is 4.99. The third-order valence-corrected chi connectivity index (χ3v) is 4.72. The van der Waals surface area contributed by atoms with E-state index < -0.39 is 0 Å². The molecule has 118 valence electrons. The number of furan rings is 1. The highest BCUT2D eigenvalue weighted by atomic mass is 16.3. The molecule has 2 saturated heterocycles. The van der Waals surface area contributed by atoms with Crippen LogP contribution in [0.25, 0.3) is 0 Å². The first-order valence-corrected chi connectivity index (χ1v) is 8.47. The summed E-state index contributed by atoms with van der Waals surface area (Å²) in [6.07, 6.45) is 6.07. The minimum Gasteiger partial charge on any atom is -0.468 e. The molecule has 2 aliphatic rings. The first-order valence-electron chi connectivity index (χ1n) is 8.47. The van der Waals surface area contributed by atoms with Gasteiger partial charge in [-0.15, -0.1) is 0 Å². The van der Waals surface area contributed by atoms with Crippen molar-refractivity contribution in [1.29, 1.82) is 0 Å². The quantitative estimate of drug-likeness (QED) is 0.903. The van der Waals surface area contributed by atoms with Gasteiger partial charge in [-0.2, -0.15) is 0 Å². The van der Waals surface area contributed by atoms with Gasteiger partial charge in [0, 0.05) is 43.8 Å². The molecule has 0 radical (unpaired) electrons. The SMILES string of the molecule is CC(C)NCc1coc(CN2CCN3CCCCC3C2)c1. The van der Waals surface area contributed by atoms with Crippen molar-refractivity contribution in [3.8, 4) is 0 Å². The lowest BCUT2D eigenvalue weighted by atomic mass is 9.99. The lowest BCUT2D eigenvalue weighted by molar-refractivity contribution is 0.0426. The summed E-state index contributed by atoms with van der Waals surface area (Å²) in [5.74, 6) is 1.11. The Morgan fingerprint density at radius 3 is 3.05 bits per heavy atom. The molecule has 0 aliphatic carbocycles. The van der Waals surface area contributed by atoms with Crippen LogP contribution < -0.4 is 5.32 Å². The molecule has 0 saturated carbocycles. The van der Waals surface area contributed by atoms with Crippen LogP contribution in [0.5, 0.6) is 0 Å². The molecular weight excluding hydrogens is 262 g/mol. The van der Waals surface area contributed by atoms with Gasteiger partial charge in [0.1, 0.15) is 5.76 Å². The zero-order valence-corrected chi connectivity index (χ0v) is 13.5. The van der Waals surface area contributed by atoms with Gasteiger partial charge in [-0.25, -0.2) is 0 Å². The smallest absolute Gasteiger partial charge is 0.118 e. The van der Waals surface area contributed by atoms with Crippen molar-refractivity contribution in [2.45, 2.75) is 58.3 Å². The Bertz CT molecular complexity index is 443. The van der Waals surface area contributed by atoms with Gasteiger partial charge in [0.15, 0.2) is 0 Å². The maximum atomic E-state index is 5.74. The van der Waals surface area contributed by atoms with E-state index in [0.29, 0.717) is 6.04 Å². The molecule has 2 fully saturated rings. The fraction of sp³-hybridized carbons (Fsp3) is 0.765. The number of hydrogen-bond donors (Lipinski definition) is 1. The molecule has 0 amide bonds. The van der Waals surface area contributed by atoms with Gasteiger partial charge in [-0.3, -0.25) is 9.80 Å². The molecule has 3 rings (SSSR count). The molecule has 3 heterocycles. The maximum Gasteiger partial charge on any atom is 0.118 e. The number of piperazine rings is 1. The average molecular weight is 291 g/mol. The van der Waals surface area contributed by atoms with Crippen LogP contribution in [0.3, 0.4) is 0 Å². The summed E-state index contributed by atoms with van der Waals surface area (Å²) < 4.78 is 5.74. The number of nitrogens with zero attached hydrogens (tertiary/aromatic N) is 2. The third kappa shape index (κ3) is 4.09. The van der Waals surface area contributed by atoms with E-state index in [9.17, 15) is 0 Å². The van der Waals surface area contributed by atoms with Crippen molar-refractivity contribution >= 4 is 0 Å². The minimum absolute atomic E-state index is 0.516. The van der Waals surface area contributed by atoms with Crippen LogP contribution in [0.1, 0.15) is 44.4 Å². The summed E-state index contributed by atoms with van der Waals surface area (Å²) in [6.45, 7) is 11.1. The van der Waals surface area contributed by atoms with Crippen LogP contribution in [0.4, 0.5) is 0 Å². The van der Waals surface area contributed by atoms with Crippen molar-refractivity contribution in [2.75, 3.05) is 26.2 Å². The molecule has 0 spiro atoms. The average Bonchev–Trinajstić information content (AvgIpc) is 2.92. The maximum absolute atomic E-state index is 5.74. The Labute approximate surface area is 128 Å². The summed E-state index contributed by atoms with van der Waals surface area (Å²) >= 11 is 0. The van der Waals surface area contributed by atoms with Gasteiger partial charge >= 0.3 is 0 Å². The van der Waals surface area contributed by atoms with E-state index in [-0.39, 0.29) is 0 Å². The predicted molar refractivity (Wildman–Crippen MR) is 85.2 cm³/mol. The number of piperidine rings is 1. The van der Waals surface area contributed by atoms with Gasteiger partial charge < -0.3 is 9.73 Å². The topological polar surface area (TPSA) is 31.7 Å². The Hall–Kier alpha value is -0.840. The highest BCUT2D eigenvalue weighted by Gasteiger charge is 2.29. The highest BCUT2D eigenvalue weighted by Crippen LogP contribution is 2.22. The molecule has 0 aromatic carbocycles. The van der Waals surface area contributed by atoms with Crippen molar-refractivity contribution in [1.82, 2.24) is 15.1 Å². The number of fused-ring (bicyclic) bond motifs is 1. The summed E-state index contributed by atoms with van der Waals surface area (Å²) in [5, 5.41) is 3.44. The van der Waals surface area contributed by atoms with E-state index in [4.69, 9.17) is 4.42 Å². The van der Waals surface area contributed by atoms with Crippen LogP contribution in [0.15, 0.2) is 16.7 Å².